The van der Waals surface area contributed by atoms with Crippen molar-refractivity contribution in [3.05, 3.63) is 35.6 Å². The van der Waals surface area contributed by atoms with E-state index in [0.29, 0.717) is 18.4 Å². The molecule has 1 N–H and O–H groups in total. The Morgan fingerprint density at radius 2 is 1.92 bits per heavy atom. The van der Waals surface area contributed by atoms with Crippen molar-refractivity contribution in [2.45, 2.75) is 37.6 Å². The van der Waals surface area contributed by atoms with Crippen LogP contribution in [0.2, 0.25) is 0 Å². The summed E-state index contributed by atoms with van der Waals surface area (Å²) in [5, 5.41) is 38.5. The van der Waals surface area contributed by atoms with Crippen molar-refractivity contribution in [3.63, 3.8) is 0 Å². The molecule has 0 radical (unpaired) electrons. The van der Waals surface area contributed by atoms with E-state index in [4.69, 9.17) is 14.9 Å². The number of halogens is 1. The molecule has 4 atom stereocenters. The van der Waals surface area contributed by atoms with E-state index in [1.165, 1.54) is 18.2 Å². The van der Waals surface area contributed by atoms with Crippen molar-refractivity contribution in [2.24, 2.45) is 16.7 Å². The maximum Gasteiger partial charge on any atom is 0.218 e. The highest BCUT2D eigenvalue weighted by molar-refractivity contribution is 5.89. The fraction of sp³-hybridized carbons (Fsp3) is 0.474. The molecule has 130 valence electrons. The Balaban J connectivity index is 2.02. The molecule has 0 aromatic heterocycles. The molecular formula is C19H15FN4O2. The van der Waals surface area contributed by atoms with E-state index >= 15 is 0 Å². The van der Waals surface area contributed by atoms with E-state index in [0.717, 1.165) is 12.8 Å². The van der Waals surface area contributed by atoms with E-state index < -0.39 is 40.4 Å². The van der Waals surface area contributed by atoms with Crippen molar-refractivity contribution in [3.8, 4) is 18.2 Å². The van der Waals surface area contributed by atoms with Crippen LogP contribution >= 0.6 is 0 Å². The van der Waals surface area contributed by atoms with Gasteiger partial charge in [0.15, 0.2) is 10.8 Å². The van der Waals surface area contributed by atoms with Crippen LogP contribution in [0.1, 0.15) is 37.4 Å². The molecule has 6 nitrogen and oxygen atoms in total. The number of benzene rings is 1. The molecule has 1 spiro atoms. The summed E-state index contributed by atoms with van der Waals surface area (Å²) in [5.74, 6) is -2.92. The molecule has 26 heavy (non-hydrogen) atoms. The highest BCUT2D eigenvalue weighted by atomic mass is 19.1. The standard InChI is InChI=1S/C19H15FN4O2/c20-13-5-3-4-12(8-13)15-18(11-23)16(24)26-19(25-15)7-2-1-6-14(19)17(18,9-21)10-22/h3-5,8,14-15,24H,1-2,6-7H2/t14-,15+,18+,19+/m0/s1. The SMILES string of the molecule is N#CC1(C#N)[C@@H]2CCCC[C@@]23OC(=N)[C@@]1(C#N)[C@@H](c1cccc(F)c1)O3. The third kappa shape index (κ3) is 1.68. The largest absolute Gasteiger partial charge is 0.447 e. The van der Waals surface area contributed by atoms with Gasteiger partial charge in [-0.05, 0) is 30.5 Å². The normalized spacial score (nSPS) is 36.8. The average Bonchev–Trinajstić information content (AvgIpc) is 2.66. The Morgan fingerprint density at radius 3 is 2.58 bits per heavy atom. The summed E-state index contributed by atoms with van der Waals surface area (Å²) in [6.07, 6.45) is 1.32. The van der Waals surface area contributed by atoms with Gasteiger partial charge in [-0.2, -0.15) is 15.8 Å². The molecule has 4 aliphatic rings. The number of nitrogens with zero attached hydrogens (tertiary/aromatic N) is 3. The summed E-state index contributed by atoms with van der Waals surface area (Å²) in [7, 11) is 0. The Bertz CT molecular complexity index is 913. The first kappa shape index (κ1) is 16.5. The number of rotatable bonds is 1. The van der Waals surface area contributed by atoms with Crippen LogP contribution in [0.5, 0.6) is 0 Å². The lowest BCUT2D eigenvalue weighted by molar-refractivity contribution is -0.360. The number of hydrogen-bond donors (Lipinski definition) is 1. The Labute approximate surface area is 149 Å². The molecule has 2 bridgehead atoms. The van der Waals surface area contributed by atoms with Crippen LogP contribution < -0.4 is 0 Å². The van der Waals surface area contributed by atoms with Gasteiger partial charge in [0.1, 0.15) is 11.9 Å². The quantitative estimate of drug-likeness (QED) is 0.834. The molecule has 3 heterocycles. The molecule has 1 aliphatic carbocycles. The highest BCUT2D eigenvalue weighted by Crippen LogP contribution is 2.69. The Morgan fingerprint density at radius 1 is 1.15 bits per heavy atom. The topological polar surface area (TPSA) is 114 Å². The van der Waals surface area contributed by atoms with Gasteiger partial charge in [0, 0.05) is 6.42 Å². The summed E-state index contributed by atoms with van der Waals surface area (Å²) < 4.78 is 25.8. The molecule has 0 amide bonds. The number of hydrogen-bond acceptors (Lipinski definition) is 6. The van der Waals surface area contributed by atoms with Gasteiger partial charge in [-0.25, -0.2) is 4.39 Å². The minimum atomic E-state index is -1.95. The van der Waals surface area contributed by atoms with Gasteiger partial charge in [0.2, 0.25) is 11.7 Å². The summed E-state index contributed by atoms with van der Waals surface area (Å²) in [5.41, 5.74) is -3.43. The van der Waals surface area contributed by atoms with Crippen LogP contribution in [0.3, 0.4) is 0 Å². The Hall–Kier alpha value is -2.95. The molecule has 3 aliphatic heterocycles. The zero-order chi connectivity index (χ0) is 18.6. The number of nitriles is 3. The van der Waals surface area contributed by atoms with E-state index in [1.807, 2.05) is 6.07 Å². The molecule has 4 fully saturated rings. The van der Waals surface area contributed by atoms with E-state index in [1.54, 1.807) is 6.07 Å². The predicted octanol–water partition coefficient (Wildman–Crippen LogP) is 3.33. The molecular weight excluding hydrogens is 335 g/mol. The fourth-order valence-corrected chi connectivity index (χ4v) is 4.81. The molecule has 0 unspecified atom stereocenters. The first-order valence-corrected chi connectivity index (χ1v) is 8.45. The van der Waals surface area contributed by atoms with E-state index in [-0.39, 0.29) is 0 Å². The van der Waals surface area contributed by atoms with E-state index in [2.05, 4.69) is 12.1 Å². The fourth-order valence-electron chi connectivity index (χ4n) is 4.81. The third-order valence-corrected chi connectivity index (χ3v) is 5.97. The molecule has 3 saturated heterocycles. The predicted molar refractivity (Wildman–Crippen MR) is 85.4 cm³/mol. The summed E-state index contributed by atoms with van der Waals surface area (Å²) >= 11 is 0. The van der Waals surface area contributed by atoms with Crippen LogP contribution in [-0.2, 0) is 9.47 Å². The van der Waals surface area contributed by atoms with Crippen LogP contribution in [0.25, 0.3) is 0 Å². The monoisotopic (exact) mass is 350 g/mol. The van der Waals surface area contributed by atoms with E-state index in [9.17, 15) is 20.2 Å². The lowest BCUT2D eigenvalue weighted by Crippen LogP contribution is -2.73. The van der Waals surface area contributed by atoms with Gasteiger partial charge < -0.3 is 9.47 Å². The third-order valence-electron chi connectivity index (χ3n) is 5.97. The number of fused-ring (bicyclic) bond motifs is 2. The second-order valence-electron chi connectivity index (χ2n) is 7.05. The van der Waals surface area contributed by atoms with Crippen molar-refractivity contribution in [1.29, 1.82) is 21.2 Å². The molecule has 1 aromatic carbocycles. The van der Waals surface area contributed by atoms with Gasteiger partial charge >= 0.3 is 0 Å². The van der Waals surface area contributed by atoms with Crippen LogP contribution in [0.4, 0.5) is 4.39 Å². The molecule has 1 aromatic rings. The smallest absolute Gasteiger partial charge is 0.218 e. The minimum Gasteiger partial charge on any atom is -0.447 e. The van der Waals surface area contributed by atoms with Gasteiger partial charge in [0.25, 0.3) is 0 Å². The summed E-state index contributed by atoms with van der Waals surface area (Å²) in [6.45, 7) is 0. The second-order valence-corrected chi connectivity index (χ2v) is 7.05. The summed E-state index contributed by atoms with van der Waals surface area (Å²) in [6, 6.07) is 11.6. The van der Waals surface area contributed by atoms with Gasteiger partial charge in [-0.1, -0.05) is 18.6 Å². The lowest BCUT2D eigenvalue weighted by Gasteiger charge is -2.63. The second kappa shape index (κ2) is 5.27. The zero-order valence-electron chi connectivity index (χ0n) is 13.8. The van der Waals surface area contributed by atoms with Crippen LogP contribution in [-0.4, -0.2) is 11.7 Å². The maximum atomic E-state index is 13.8. The van der Waals surface area contributed by atoms with Gasteiger partial charge in [-0.15, -0.1) is 0 Å². The first-order valence-electron chi connectivity index (χ1n) is 8.45. The van der Waals surface area contributed by atoms with Crippen LogP contribution in [0.15, 0.2) is 24.3 Å². The number of ether oxygens (including phenoxy) is 2. The zero-order valence-corrected chi connectivity index (χ0v) is 13.8. The number of nitrogens with one attached hydrogen (secondary N) is 1. The maximum absolute atomic E-state index is 13.8. The van der Waals surface area contributed by atoms with Crippen molar-refractivity contribution in [2.75, 3.05) is 0 Å². The van der Waals surface area contributed by atoms with Crippen molar-refractivity contribution < 1.29 is 13.9 Å². The van der Waals surface area contributed by atoms with Gasteiger partial charge in [-0.3, -0.25) is 5.41 Å². The Kier molecular flexibility index (Phi) is 3.35. The van der Waals surface area contributed by atoms with Crippen LogP contribution in [0, 0.1) is 62.0 Å². The molecule has 5 rings (SSSR count). The van der Waals surface area contributed by atoms with Crippen molar-refractivity contribution in [1.82, 2.24) is 0 Å². The summed E-state index contributed by atoms with van der Waals surface area (Å²) in [4.78, 5) is 0. The van der Waals surface area contributed by atoms with Gasteiger partial charge in [0.05, 0.1) is 24.1 Å². The average molecular weight is 350 g/mol. The van der Waals surface area contributed by atoms with Crippen molar-refractivity contribution >= 4 is 5.90 Å². The highest BCUT2D eigenvalue weighted by Gasteiger charge is 2.80. The lowest BCUT2D eigenvalue weighted by atomic mass is 9.48. The first-order chi connectivity index (χ1) is 12.5. The molecule has 1 saturated carbocycles. The minimum absolute atomic E-state index is 0.317. The molecule has 7 heteroatoms.